The van der Waals surface area contributed by atoms with Crippen LogP contribution in [0.4, 0.5) is 10.1 Å². The third-order valence-electron chi connectivity index (χ3n) is 4.32. The lowest BCUT2D eigenvalue weighted by Crippen LogP contribution is -2.31. The molecule has 4 heteroatoms. The molecule has 2 heterocycles. The number of hydrogen-bond donors (Lipinski definition) is 0. The maximum absolute atomic E-state index is 13.4. The molecule has 3 rings (SSSR count). The van der Waals surface area contributed by atoms with E-state index >= 15 is 0 Å². The molecule has 0 radical (unpaired) electrons. The lowest BCUT2D eigenvalue weighted by molar-refractivity contribution is 0.553. The van der Waals surface area contributed by atoms with Crippen molar-refractivity contribution in [3.63, 3.8) is 0 Å². The van der Waals surface area contributed by atoms with Crippen LogP contribution in [0.1, 0.15) is 38.5 Å². The summed E-state index contributed by atoms with van der Waals surface area (Å²) in [5.74, 6) is -0.444. The van der Waals surface area contributed by atoms with E-state index in [-0.39, 0.29) is 0 Å². The van der Waals surface area contributed by atoms with Gasteiger partial charge in [-0.15, -0.1) is 0 Å². The van der Waals surface area contributed by atoms with Crippen molar-refractivity contribution in [3.8, 4) is 0 Å². The third kappa shape index (κ3) is 2.60. The first kappa shape index (κ1) is 13.3. The molecular weight excluding hydrogens is 253 g/mol. The SMILES string of the molecule is CN(c1ccnc2cnc(F)cc12)C1CCCCCC1. The first-order valence-corrected chi connectivity index (χ1v) is 7.39. The van der Waals surface area contributed by atoms with E-state index in [1.807, 2.05) is 6.07 Å². The van der Waals surface area contributed by atoms with Crippen molar-refractivity contribution in [2.45, 2.75) is 44.6 Å². The Morgan fingerprint density at radius 3 is 2.65 bits per heavy atom. The second-order valence-electron chi connectivity index (χ2n) is 5.61. The molecule has 20 heavy (non-hydrogen) atoms. The van der Waals surface area contributed by atoms with Crippen molar-refractivity contribution in [3.05, 3.63) is 30.5 Å². The molecule has 1 aliphatic rings. The van der Waals surface area contributed by atoms with Gasteiger partial charge in [-0.25, -0.2) is 4.98 Å². The standard InChI is InChI=1S/C16H20FN3/c1-20(12-6-4-2-3-5-7-12)15-8-9-18-14-11-19-16(17)10-13(14)15/h8-12H,2-7H2,1H3. The summed E-state index contributed by atoms with van der Waals surface area (Å²) in [6.45, 7) is 0. The topological polar surface area (TPSA) is 29.0 Å². The van der Waals surface area contributed by atoms with Gasteiger partial charge in [0.15, 0.2) is 0 Å². The molecular formula is C16H20FN3. The van der Waals surface area contributed by atoms with Crippen molar-refractivity contribution in [1.29, 1.82) is 0 Å². The van der Waals surface area contributed by atoms with Crippen LogP contribution in [-0.4, -0.2) is 23.1 Å². The zero-order valence-corrected chi connectivity index (χ0v) is 11.8. The largest absolute Gasteiger partial charge is 0.371 e. The quantitative estimate of drug-likeness (QED) is 0.613. The Bertz CT molecular complexity index is 591. The van der Waals surface area contributed by atoms with E-state index in [1.165, 1.54) is 50.8 Å². The molecule has 3 nitrogen and oxygen atoms in total. The molecule has 1 fully saturated rings. The Balaban J connectivity index is 1.97. The van der Waals surface area contributed by atoms with Gasteiger partial charge in [-0.3, -0.25) is 4.98 Å². The number of anilines is 1. The molecule has 0 atom stereocenters. The van der Waals surface area contributed by atoms with Gasteiger partial charge >= 0.3 is 0 Å². The van der Waals surface area contributed by atoms with E-state index in [1.54, 1.807) is 6.20 Å². The highest BCUT2D eigenvalue weighted by atomic mass is 19.1. The van der Waals surface area contributed by atoms with Gasteiger partial charge in [0.2, 0.25) is 5.95 Å². The second-order valence-corrected chi connectivity index (χ2v) is 5.61. The summed E-state index contributed by atoms with van der Waals surface area (Å²) in [6, 6.07) is 4.01. The molecule has 2 aromatic heterocycles. The van der Waals surface area contributed by atoms with E-state index in [2.05, 4.69) is 21.9 Å². The van der Waals surface area contributed by atoms with Crippen LogP contribution < -0.4 is 4.90 Å². The zero-order valence-electron chi connectivity index (χ0n) is 11.8. The van der Waals surface area contributed by atoms with Crippen LogP contribution in [0.15, 0.2) is 24.5 Å². The minimum Gasteiger partial charge on any atom is -0.371 e. The monoisotopic (exact) mass is 273 g/mol. The van der Waals surface area contributed by atoms with Gasteiger partial charge in [0.25, 0.3) is 0 Å². The van der Waals surface area contributed by atoms with E-state index in [4.69, 9.17) is 0 Å². The number of hydrogen-bond acceptors (Lipinski definition) is 3. The van der Waals surface area contributed by atoms with Crippen LogP contribution in [0.2, 0.25) is 0 Å². The van der Waals surface area contributed by atoms with Crippen LogP contribution in [0, 0.1) is 5.95 Å². The van der Waals surface area contributed by atoms with Gasteiger partial charge in [-0.1, -0.05) is 25.7 Å². The lowest BCUT2D eigenvalue weighted by Gasteiger charge is -2.30. The third-order valence-corrected chi connectivity index (χ3v) is 4.32. The minimum atomic E-state index is -0.444. The Morgan fingerprint density at radius 2 is 1.90 bits per heavy atom. The van der Waals surface area contributed by atoms with E-state index in [0.29, 0.717) is 6.04 Å². The smallest absolute Gasteiger partial charge is 0.213 e. The van der Waals surface area contributed by atoms with E-state index in [9.17, 15) is 4.39 Å². The van der Waals surface area contributed by atoms with Gasteiger partial charge in [-0.2, -0.15) is 4.39 Å². The predicted molar refractivity (Wildman–Crippen MR) is 79.4 cm³/mol. The van der Waals surface area contributed by atoms with Gasteiger partial charge < -0.3 is 4.90 Å². The second kappa shape index (κ2) is 5.73. The van der Waals surface area contributed by atoms with Crippen LogP contribution in [-0.2, 0) is 0 Å². The van der Waals surface area contributed by atoms with Crippen LogP contribution in [0.25, 0.3) is 10.9 Å². The van der Waals surface area contributed by atoms with Crippen LogP contribution in [0.5, 0.6) is 0 Å². The van der Waals surface area contributed by atoms with Crippen molar-refractivity contribution >= 4 is 16.6 Å². The molecule has 0 unspecified atom stereocenters. The van der Waals surface area contributed by atoms with Crippen LogP contribution >= 0.6 is 0 Å². The molecule has 0 bridgehead atoms. The van der Waals surface area contributed by atoms with Gasteiger partial charge in [0.05, 0.1) is 11.7 Å². The highest BCUT2D eigenvalue weighted by Crippen LogP contribution is 2.30. The Kier molecular flexibility index (Phi) is 3.81. The predicted octanol–water partition coefficient (Wildman–Crippen LogP) is 3.93. The number of nitrogens with zero attached hydrogens (tertiary/aromatic N) is 3. The minimum absolute atomic E-state index is 0.444. The van der Waals surface area contributed by atoms with E-state index < -0.39 is 5.95 Å². The molecule has 106 valence electrons. The number of aromatic nitrogens is 2. The fourth-order valence-electron chi connectivity index (χ4n) is 3.16. The Morgan fingerprint density at radius 1 is 1.15 bits per heavy atom. The summed E-state index contributed by atoms with van der Waals surface area (Å²) in [5.41, 5.74) is 1.81. The van der Waals surface area contributed by atoms with Crippen molar-refractivity contribution in [2.75, 3.05) is 11.9 Å². The number of halogens is 1. The fourth-order valence-corrected chi connectivity index (χ4v) is 3.16. The maximum atomic E-state index is 13.4. The molecule has 0 aliphatic heterocycles. The Labute approximate surface area is 118 Å². The molecule has 1 saturated carbocycles. The molecule has 2 aromatic rings. The van der Waals surface area contributed by atoms with Crippen LogP contribution in [0.3, 0.4) is 0 Å². The summed E-state index contributed by atoms with van der Waals surface area (Å²) in [7, 11) is 2.11. The average Bonchev–Trinajstić information content (AvgIpc) is 2.75. The van der Waals surface area contributed by atoms with Gasteiger partial charge in [0, 0.05) is 36.4 Å². The summed E-state index contributed by atoms with van der Waals surface area (Å²) in [4.78, 5) is 10.3. The first-order valence-electron chi connectivity index (χ1n) is 7.39. The van der Waals surface area contributed by atoms with Crippen molar-refractivity contribution in [2.24, 2.45) is 0 Å². The molecule has 0 spiro atoms. The molecule has 0 aromatic carbocycles. The molecule has 0 N–H and O–H groups in total. The van der Waals surface area contributed by atoms with Gasteiger partial charge in [-0.05, 0) is 18.9 Å². The van der Waals surface area contributed by atoms with Crippen molar-refractivity contribution < 1.29 is 4.39 Å². The maximum Gasteiger partial charge on any atom is 0.213 e. The lowest BCUT2D eigenvalue weighted by atomic mass is 10.1. The first-order chi connectivity index (χ1) is 9.75. The highest BCUT2D eigenvalue weighted by Gasteiger charge is 2.19. The van der Waals surface area contributed by atoms with Crippen molar-refractivity contribution in [1.82, 2.24) is 9.97 Å². The number of fused-ring (bicyclic) bond motifs is 1. The zero-order chi connectivity index (χ0) is 13.9. The summed E-state index contributed by atoms with van der Waals surface area (Å²) < 4.78 is 13.4. The fraction of sp³-hybridized carbons (Fsp3) is 0.500. The Hall–Kier alpha value is -1.71. The number of pyridine rings is 2. The normalized spacial score (nSPS) is 17.1. The summed E-state index contributed by atoms with van der Waals surface area (Å²) in [5, 5.41) is 0.853. The molecule has 0 amide bonds. The summed E-state index contributed by atoms with van der Waals surface area (Å²) in [6.07, 6.45) is 11.0. The molecule has 0 saturated heterocycles. The summed E-state index contributed by atoms with van der Waals surface area (Å²) >= 11 is 0. The molecule has 1 aliphatic carbocycles. The highest BCUT2D eigenvalue weighted by molar-refractivity contribution is 5.90. The van der Waals surface area contributed by atoms with E-state index in [0.717, 1.165) is 16.6 Å². The van der Waals surface area contributed by atoms with Gasteiger partial charge in [0.1, 0.15) is 0 Å². The number of rotatable bonds is 2. The average molecular weight is 273 g/mol.